The largest absolute Gasteiger partial charge is 0.300 e. The maximum atomic E-state index is 11.5. The van der Waals surface area contributed by atoms with Gasteiger partial charge in [0.1, 0.15) is 5.78 Å². The minimum absolute atomic E-state index is 0.109. The summed E-state index contributed by atoms with van der Waals surface area (Å²) in [5.74, 6) is 0.421. The van der Waals surface area contributed by atoms with Crippen molar-refractivity contribution in [1.29, 1.82) is 0 Å². The maximum absolute atomic E-state index is 11.5. The van der Waals surface area contributed by atoms with Crippen LogP contribution in [-0.2, 0) is 10.2 Å². The smallest absolute Gasteiger partial charge is 0.134 e. The van der Waals surface area contributed by atoms with Crippen LogP contribution in [0, 0.1) is 0 Å². The first-order chi connectivity index (χ1) is 8.58. The van der Waals surface area contributed by atoms with Gasteiger partial charge in [-0.05, 0) is 5.56 Å². The van der Waals surface area contributed by atoms with E-state index in [1.807, 2.05) is 0 Å². The molecule has 2 rings (SSSR count). The van der Waals surface area contributed by atoms with Crippen LogP contribution in [0.15, 0.2) is 24.3 Å². The first kappa shape index (κ1) is 14.7. The molecule has 0 N–H and O–H groups in total. The van der Waals surface area contributed by atoms with E-state index in [4.69, 9.17) is 0 Å². The predicted molar refractivity (Wildman–Crippen MR) is 88.5 cm³/mol. The van der Waals surface area contributed by atoms with Gasteiger partial charge < -0.3 is 0 Å². The van der Waals surface area contributed by atoms with E-state index in [1.165, 1.54) is 5.56 Å². The number of hydrogen-bond donors (Lipinski definition) is 0. The third-order valence-corrected chi connectivity index (χ3v) is 22.9. The summed E-state index contributed by atoms with van der Waals surface area (Å²) in [4.78, 5) is 11.5. The lowest BCUT2D eigenvalue weighted by molar-refractivity contribution is -0.127. The number of benzene rings is 1. The van der Waals surface area contributed by atoms with Gasteiger partial charge >= 0.3 is 0 Å². The Labute approximate surface area is 119 Å². The zero-order valence-electron chi connectivity index (χ0n) is 13.1. The summed E-state index contributed by atoms with van der Waals surface area (Å²) in [6, 6.07) is 8.93. The quantitative estimate of drug-likeness (QED) is 0.777. The third-order valence-electron chi connectivity index (χ3n) is 5.30. The second-order valence-electron chi connectivity index (χ2n) is 7.87. The van der Waals surface area contributed by atoms with Crippen molar-refractivity contribution in [2.24, 2.45) is 0 Å². The van der Waals surface area contributed by atoms with E-state index >= 15 is 0 Å². The number of carbonyl (C=O) groups is 1. The van der Waals surface area contributed by atoms with Crippen molar-refractivity contribution in [3.8, 4) is 0 Å². The molecule has 0 unspecified atom stereocenters. The van der Waals surface area contributed by atoms with Gasteiger partial charge in [-0.2, -0.15) is 0 Å². The molecule has 0 saturated heterocycles. The molecule has 0 atom stereocenters. The maximum Gasteiger partial charge on any atom is 0.134 e. The molecule has 0 radical (unpaired) electrons. The highest BCUT2D eigenvalue weighted by molar-refractivity contribution is 7.45. The predicted octanol–water partition coefficient (Wildman–Crippen LogP) is 3.64. The molecular weight excluding hydrogens is 264 g/mol. The van der Waals surface area contributed by atoms with Crippen molar-refractivity contribution in [3.05, 3.63) is 29.8 Å². The fraction of sp³-hybridized carbons (Fsp3) is 0.562. The Kier molecular flexibility index (Phi) is 3.42. The molecule has 1 nitrogen and oxygen atoms in total. The number of hydrogen-bond acceptors (Lipinski definition) is 1. The summed E-state index contributed by atoms with van der Waals surface area (Å²) < 4.78 is 0. The Hall–Kier alpha value is -0.676. The molecule has 1 aromatic carbocycles. The van der Waals surface area contributed by atoms with Gasteiger partial charge in [-0.3, -0.25) is 4.79 Å². The molecule has 1 aromatic rings. The molecule has 0 spiro atoms. The highest BCUT2D eigenvalue weighted by Gasteiger charge is 2.46. The van der Waals surface area contributed by atoms with Gasteiger partial charge in [0.2, 0.25) is 0 Å². The van der Waals surface area contributed by atoms with E-state index in [0.29, 0.717) is 5.78 Å². The second kappa shape index (κ2) is 4.42. The first-order valence-electron chi connectivity index (χ1n) is 7.20. The van der Waals surface area contributed by atoms with Gasteiger partial charge in [-0.1, -0.05) is 69.1 Å². The number of Topliss-reactive ketones (excluding diaryl/α,β-unsaturated/α-hetero) is 1. The van der Waals surface area contributed by atoms with Crippen molar-refractivity contribution in [1.82, 2.24) is 0 Å². The van der Waals surface area contributed by atoms with Gasteiger partial charge in [-0.25, -0.2) is 0 Å². The lowest BCUT2D eigenvalue weighted by Crippen LogP contribution is -2.63. The second-order valence-corrected chi connectivity index (χ2v) is 24.4. The number of ketones is 1. The number of carbonyl (C=O) groups excluding carboxylic acids is 1. The summed E-state index contributed by atoms with van der Waals surface area (Å²) in [6.45, 7) is 14.8. The van der Waals surface area contributed by atoms with Gasteiger partial charge in [0, 0.05) is 25.8 Å². The fourth-order valence-electron chi connectivity index (χ4n) is 2.97. The van der Waals surface area contributed by atoms with Crippen LogP contribution >= 0.6 is 0 Å². The minimum atomic E-state index is -1.41. The van der Waals surface area contributed by atoms with E-state index in [2.05, 4.69) is 63.9 Å². The van der Waals surface area contributed by atoms with Crippen LogP contribution in [0.1, 0.15) is 25.3 Å². The summed E-state index contributed by atoms with van der Waals surface area (Å²) in [7, 11) is -2.60. The van der Waals surface area contributed by atoms with E-state index in [1.54, 1.807) is 5.19 Å². The molecule has 3 heteroatoms. The fourth-order valence-corrected chi connectivity index (χ4v) is 8.42. The van der Waals surface area contributed by atoms with Crippen LogP contribution in [0.5, 0.6) is 0 Å². The van der Waals surface area contributed by atoms with Crippen molar-refractivity contribution in [3.63, 3.8) is 0 Å². The van der Waals surface area contributed by atoms with Crippen LogP contribution in [0.3, 0.4) is 0 Å². The molecule has 1 fully saturated rings. The Morgan fingerprint density at radius 1 is 1.00 bits per heavy atom. The Balaban J connectivity index is 2.52. The Morgan fingerprint density at radius 3 is 2.00 bits per heavy atom. The minimum Gasteiger partial charge on any atom is -0.300 e. The van der Waals surface area contributed by atoms with Gasteiger partial charge in [0.05, 0.1) is 7.59 Å². The van der Waals surface area contributed by atoms with Crippen LogP contribution in [0.25, 0.3) is 0 Å². The van der Waals surface area contributed by atoms with Gasteiger partial charge in [-0.15, -0.1) is 0 Å². The molecule has 1 aliphatic carbocycles. The van der Waals surface area contributed by atoms with Crippen molar-refractivity contribution >= 4 is 26.2 Å². The molecule has 19 heavy (non-hydrogen) atoms. The third kappa shape index (κ3) is 2.38. The molecular formula is C16H26OSi2. The SMILES string of the molecule is CC1(c2ccccc2[Si](C)(C)[Si](C)(C)C)CC(=O)C1. The lowest BCUT2D eigenvalue weighted by atomic mass is 9.65. The monoisotopic (exact) mass is 290 g/mol. The Bertz CT molecular complexity index is 504. The van der Waals surface area contributed by atoms with E-state index in [0.717, 1.165) is 12.8 Å². The molecule has 0 aromatic heterocycles. The van der Waals surface area contributed by atoms with Crippen LogP contribution in [0.4, 0.5) is 0 Å². The van der Waals surface area contributed by atoms with Crippen molar-refractivity contribution in [2.75, 3.05) is 0 Å². The molecule has 0 bridgehead atoms. The summed E-state index contributed by atoms with van der Waals surface area (Å²) in [5.41, 5.74) is 1.58. The van der Waals surface area contributed by atoms with Crippen molar-refractivity contribution < 1.29 is 4.79 Å². The van der Waals surface area contributed by atoms with Crippen LogP contribution in [-0.4, -0.2) is 21.0 Å². The highest BCUT2D eigenvalue weighted by Crippen LogP contribution is 2.41. The van der Waals surface area contributed by atoms with Gasteiger partial charge in [0.15, 0.2) is 0 Å². The molecule has 0 amide bonds. The molecule has 104 valence electrons. The highest BCUT2D eigenvalue weighted by atomic mass is 29.3. The zero-order valence-corrected chi connectivity index (χ0v) is 15.1. The zero-order chi connectivity index (χ0) is 14.5. The van der Waals surface area contributed by atoms with Crippen LogP contribution in [0.2, 0.25) is 32.7 Å². The first-order valence-corrected chi connectivity index (χ1v) is 14.7. The van der Waals surface area contributed by atoms with Gasteiger partial charge in [0.25, 0.3) is 0 Å². The van der Waals surface area contributed by atoms with E-state index in [9.17, 15) is 4.79 Å². The Morgan fingerprint density at radius 2 is 1.53 bits per heavy atom. The van der Waals surface area contributed by atoms with Crippen LogP contribution < -0.4 is 5.19 Å². The topological polar surface area (TPSA) is 17.1 Å². The molecule has 0 heterocycles. The average molecular weight is 291 g/mol. The lowest BCUT2D eigenvalue weighted by Gasteiger charge is -2.44. The van der Waals surface area contributed by atoms with E-state index in [-0.39, 0.29) is 5.41 Å². The summed E-state index contributed by atoms with van der Waals surface area (Å²) in [5, 5.41) is 1.60. The summed E-state index contributed by atoms with van der Waals surface area (Å²) in [6.07, 6.45) is 1.47. The summed E-state index contributed by atoms with van der Waals surface area (Å²) >= 11 is 0. The van der Waals surface area contributed by atoms with Crippen molar-refractivity contribution in [2.45, 2.75) is 57.9 Å². The number of rotatable bonds is 3. The molecule has 0 aliphatic heterocycles. The molecule has 1 aliphatic rings. The van der Waals surface area contributed by atoms with E-state index < -0.39 is 15.2 Å². The molecule has 1 saturated carbocycles. The normalized spacial score (nSPS) is 19.2. The average Bonchev–Trinajstić information content (AvgIpc) is 2.25. The standard InChI is InChI=1S/C16H26OSi2/c1-16(11-13(17)12-16)14-9-7-8-10-15(14)19(5,6)18(2,3)4/h7-10H,11-12H2,1-6H3.